The first-order valence-corrected chi connectivity index (χ1v) is 4.87. The lowest BCUT2D eigenvalue weighted by Gasteiger charge is -2.23. The average Bonchev–Trinajstić information content (AvgIpc) is 2.15. The number of rotatable bonds is 3. The maximum Gasteiger partial charge on any atom is 0.246 e. The van der Waals surface area contributed by atoms with E-state index in [1.54, 1.807) is 6.92 Å². The Morgan fingerprint density at radius 1 is 1.62 bits per heavy atom. The van der Waals surface area contributed by atoms with Gasteiger partial charge in [-0.05, 0) is 26.3 Å². The molecule has 1 heterocycles. The van der Waals surface area contributed by atoms with Gasteiger partial charge in [-0.2, -0.15) is 0 Å². The summed E-state index contributed by atoms with van der Waals surface area (Å²) in [7, 11) is 0. The summed E-state index contributed by atoms with van der Waals surface area (Å²) in [5, 5.41) is 6.22. The molecular formula is C10H18N2O. The van der Waals surface area contributed by atoms with Crippen molar-refractivity contribution in [1.82, 2.24) is 10.6 Å². The Kier molecular flexibility index (Phi) is 3.96. The quantitative estimate of drug-likeness (QED) is 0.634. The molecule has 3 nitrogen and oxygen atoms in total. The van der Waals surface area contributed by atoms with Crippen LogP contribution in [0.15, 0.2) is 12.2 Å². The summed E-state index contributed by atoms with van der Waals surface area (Å²) >= 11 is 0. The Hall–Kier alpha value is -0.830. The Labute approximate surface area is 79.6 Å². The number of hydrogen-bond donors (Lipinski definition) is 2. The minimum Gasteiger partial charge on any atom is -0.351 e. The smallest absolute Gasteiger partial charge is 0.246 e. The van der Waals surface area contributed by atoms with E-state index in [1.807, 2.05) is 0 Å². The zero-order valence-electron chi connectivity index (χ0n) is 8.23. The van der Waals surface area contributed by atoms with Gasteiger partial charge in [0.1, 0.15) is 0 Å². The molecule has 1 rings (SSSR count). The van der Waals surface area contributed by atoms with Gasteiger partial charge < -0.3 is 10.6 Å². The van der Waals surface area contributed by atoms with Crippen LogP contribution < -0.4 is 10.6 Å². The topological polar surface area (TPSA) is 41.1 Å². The third kappa shape index (κ3) is 3.59. The van der Waals surface area contributed by atoms with Gasteiger partial charge in [0.2, 0.25) is 5.91 Å². The second kappa shape index (κ2) is 5.02. The predicted molar refractivity (Wildman–Crippen MR) is 53.5 cm³/mol. The molecule has 0 bridgehead atoms. The molecule has 1 unspecified atom stereocenters. The fourth-order valence-electron chi connectivity index (χ4n) is 1.47. The van der Waals surface area contributed by atoms with Crippen LogP contribution in [0.2, 0.25) is 0 Å². The summed E-state index contributed by atoms with van der Waals surface area (Å²) in [6.45, 7) is 7.12. The van der Waals surface area contributed by atoms with E-state index in [9.17, 15) is 4.79 Å². The fraction of sp³-hybridized carbons (Fsp3) is 0.700. The van der Waals surface area contributed by atoms with Crippen LogP contribution in [0, 0.1) is 0 Å². The molecule has 2 N–H and O–H groups in total. The first kappa shape index (κ1) is 10.3. The van der Waals surface area contributed by atoms with E-state index in [4.69, 9.17) is 0 Å². The maximum atomic E-state index is 11.1. The van der Waals surface area contributed by atoms with E-state index >= 15 is 0 Å². The van der Waals surface area contributed by atoms with Crippen molar-refractivity contribution in [1.29, 1.82) is 0 Å². The van der Waals surface area contributed by atoms with Crippen molar-refractivity contribution in [2.45, 2.75) is 32.2 Å². The molecule has 1 saturated heterocycles. The number of piperidine rings is 1. The molecule has 0 saturated carbocycles. The molecule has 0 radical (unpaired) electrons. The Morgan fingerprint density at radius 2 is 2.38 bits per heavy atom. The van der Waals surface area contributed by atoms with E-state index in [1.165, 1.54) is 12.8 Å². The van der Waals surface area contributed by atoms with E-state index in [0.717, 1.165) is 19.5 Å². The molecule has 0 aliphatic carbocycles. The molecule has 13 heavy (non-hydrogen) atoms. The third-order valence-electron chi connectivity index (χ3n) is 2.31. The zero-order valence-corrected chi connectivity index (χ0v) is 8.23. The highest BCUT2D eigenvalue weighted by Crippen LogP contribution is 2.05. The molecule has 0 aromatic heterocycles. The standard InChI is InChI=1S/C10H18N2O/c1-8(2)10(13)12-7-9-5-3-4-6-11-9/h9,11H,1,3-7H2,2H3,(H,12,13). The summed E-state index contributed by atoms with van der Waals surface area (Å²) in [6.07, 6.45) is 3.68. The van der Waals surface area contributed by atoms with Gasteiger partial charge in [0, 0.05) is 18.2 Å². The average molecular weight is 182 g/mol. The van der Waals surface area contributed by atoms with E-state index in [2.05, 4.69) is 17.2 Å². The third-order valence-corrected chi connectivity index (χ3v) is 2.31. The van der Waals surface area contributed by atoms with Crippen LogP contribution in [0.3, 0.4) is 0 Å². The van der Waals surface area contributed by atoms with E-state index < -0.39 is 0 Å². The van der Waals surface area contributed by atoms with Crippen molar-refractivity contribution in [3.8, 4) is 0 Å². The Balaban J connectivity index is 2.17. The van der Waals surface area contributed by atoms with Crippen molar-refractivity contribution in [2.75, 3.05) is 13.1 Å². The number of amides is 1. The maximum absolute atomic E-state index is 11.1. The highest BCUT2D eigenvalue weighted by atomic mass is 16.1. The summed E-state index contributed by atoms with van der Waals surface area (Å²) in [5.74, 6) is -0.0348. The molecular weight excluding hydrogens is 164 g/mol. The predicted octanol–water partition coefficient (Wildman–Crippen LogP) is 0.821. The molecule has 0 aromatic carbocycles. The number of carbonyl (C=O) groups excluding carboxylic acids is 1. The SMILES string of the molecule is C=C(C)C(=O)NCC1CCCCN1. The van der Waals surface area contributed by atoms with Crippen molar-refractivity contribution in [3.05, 3.63) is 12.2 Å². The van der Waals surface area contributed by atoms with Gasteiger partial charge in [0.15, 0.2) is 0 Å². The molecule has 1 aliphatic heterocycles. The molecule has 3 heteroatoms. The van der Waals surface area contributed by atoms with Gasteiger partial charge in [0.05, 0.1) is 0 Å². The van der Waals surface area contributed by atoms with Gasteiger partial charge in [-0.3, -0.25) is 4.79 Å². The minimum absolute atomic E-state index is 0.0348. The van der Waals surface area contributed by atoms with Crippen LogP contribution in [0.25, 0.3) is 0 Å². The lowest BCUT2D eigenvalue weighted by molar-refractivity contribution is -0.117. The summed E-state index contributed by atoms with van der Waals surface area (Å²) < 4.78 is 0. The highest BCUT2D eigenvalue weighted by Gasteiger charge is 2.12. The monoisotopic (exact) mass is 182 g/mol. The fourth-order valence-corrected chi connectivity index (χ4v) is 1.47. The number of carbonyl (C=O) groups is 1. The zero-order chi connectivity index (χ0) is 9.68. The van der Waals surface area contributed by atoms with Gasteiger partial charge in [-0.1, -0.05) is 13.0 Å². The molecule has 1 atom stereocenters. The number of nitrogens with one attached hydrogen (secondary N) is 2. The molecule has 1 fully saturated rings. The van der Waals surface area contributed by atoms with Gasteiger partial charge in [-0.25, -0.2) is 0 Å². The highest BCUT2D eigenvalue weighted by molar-refractivity contribution is 5.92. The molecule has 0 spiro atoms. The van der Waals surface area contributed by atoms with Gasteiger partial charge in [-0.15, -0.1) is 0 Å². The van der Waals surface area contributed by atoms with Crippen molar-refractivity contribution in [2.24, 2.45) is 0 Å². The molecule has 1 aliphatic rings. The van der Waals surface area contributed by atoms with Gasteiger partial charge >= 0.3 is 0 Å². The van der Waals surface area contributed by atoms with Crippen molar-refractivity contribution < 1.29 is 4.79 Å². The van der Waals surface area contributed by atoms with Crippen LogP contribution in [-0.2, 0) is 4.79 Å². The Morgan fingerprint density at radius 3 is 2.92 bits per heavy atom. The van der Waals surface area contributed by atoms with E-state index in [0.29, 0.717) is 11.6 Å². The Bertz CT molecular complexity index is 195. The lowest BCUT2D eigenvalue weighted by Crippen LogP contribution is -2.43. The molecule has 74 valence electrons. The lowest BCUT2D eigenvalue weighted by atomic mass is 10.1. The first-order chi connectivity index (χ1) is 6.20. The second-order valence-electron chi connectivity index (χ2n) is 3.64. The van der Waals surface area contributed by atoms with Gasteiger partial charge in [0.25, 0.3) is 0 Å². The van der Waals surface area contributed by atoms with Crippen molar-refractivity contribution in [3.63, 3.8) is 0 Å². The van der Waals surface area contributed by atoms with Crippen LogP contribution in [0.5, 0.6) is 0 Å². The minimum atomic E-state index is -0.0348. The van der Waals surface area contributed by atoms with E-state index in [-0.39, 0.29) is 5.91 Å². The second-order valence-corrected chi connectivity index (χ2v) is 3.64. The van der Waals surface area contributed by atoms with Crippen LogP contribution in [-0.4, -0.2) is 25.0 Å². The van der Waals surface area contributed by atoms with Crippen LogP contribution in [0.4, 0.5) is 0 Å². The number of hydrogen-bond acceptors (Lipinski definition) is 2. The summed E-state index contributed by atoms with van der Waals surface area (Å²) in [4.78, 5) is 11.1. The normalized spacial score (nSPS) is 22.4. The van der Waals surface area contributed by atoms with Crippen molar-refractivity contribution >= 4 is 5.91 Å². The van der Waals surface area contributed by atoms with Crippen LogP contribution >= 0.6 is 0 Å². The summed E-state index contributed by atoms with van der Waals surface area (Å²) in [5.41, 5.74) is 0.579. The molecule has 1 amide bonds. The molecule has 0 aromatic rings. The largest absolute Gasteiger partial charge is 0.351 e. The summed E-state index contributed by atoms with van der Waals surface area (Å²) in [6, 6.07) is 0.456. The van der Waals surface area contributed by atoms with Crippen LogP contribution in [0.1, 0.15) is 26.2 Å². The first-order valence-electron chi connectivity index (χ1n) is 4.87.